The summed E-state index contributed by atoms with van der Waals surface area (Å²) in [6.45, 7) is 4.58. The third-order valence-corrected chi connectivity index (χ3v) is 9.63. The summed E-state index contributed by atoms with van der Waals surface area (Å²) in [6, 6.07) is 7.95. The number of hydrogen-bond donors (Lipinski definition) is 4. The number of nitrogens with zero attached hydrogens (tertiary/aromatic N) is 3. The lowest BCUT2D eigenvalue weighted by Gasteiger charge is -2.34. The summed E-state index contributed by atoms with van der Waals surface area (Å²) in [7, 11) is 0. The maximum absolute atomic E-state index is 16.4. The number of piperidine rings is 1. The molecule has 3 atom stereocenters. The zero-order chi connectivity index (χ0) is 33.5. The highest BCUT2D eigenvalue weighted by Gasteiger charge is 2.49. The van der Waals surface area contributed by atoms with E-state index in [1.807, 2.05) is 6.92 Å². The zero-order valence-corrected chi connectivity index (χ0v) is 26.5. The fraction of sp³-hybridized carbons (Fsp3) is 0.429. The first kappa shape index (κ1) is 31.8. The number of fused-ring (bicyclic) bond motifs is 3. The van der Waals surface area contributed by atoms with Gasteiger partial charge in [0.2, 0.25) is 0 Å². The van der Waals surface area contributed by atoms with Crippen molar-refractivity contribution in [3.63, 3.8) is 0 Å². The van der Waals surface area contributed by atoms with Gasteiger partial charge in [0, 0.05) is 42.2 Å². The van der Waals surface area contributed by atoms with Crippen molar-refractivity contribution in [3.8, 4) is 34.9 Å². The number of phenolic OH excluding ortho intramolecular Hbond substituents is 1. The number of amides is 1. The average molecular weight is 659 g/mol. The molecule has 0 spiro atoms. The van der Waals surface area contributed by atoms with Gasteiger partial charge in [-0.25, -0.2) is 13.6 Å². The number of ether oxygens (including phenoxy) is 2. The number of aromatic hydroxyl groups is 1. The van der Waals surface area contributed by atoms with Gasteiger partial charge in [-0.2, -0.15) is 4.98 Å². The molecule has 0 bridgehead atoms. The number of carbonyl (C=O) groups is 1. The van der Waals surface area contributed by atoms with Crippen molar-refractivity contribution < 1.29 is 28.2 Å². The molecule has 3 aliphatic heterocycles. The van der Waals surface area contributed by atoms with E-state index in [0.29, 0.717) is 35.8 Å². The maximum Gasteiger partial charge on any atom is 0.408 e. The van der Waals surface area contributed by atoms with Gasteiger partial charge in [0.15, 0.2) is 12.4 Å². The van der Waals surface area contributed by atoms with Crippen molar-refractivity contribution in [2.24, 2.45) is 0 Å². The first-order chi connectivity index (χ1) is 23.1. The van der Waals surface area contributed by atoms with Crippen LogP contribution in [0.2, 0.25) is 0 Å². The number of phenols is 1. The number of benzene rings is 2. The number of rotatable bonds is 6. The highest BCUT2D eigenvalue weighted by atomic mass is 19.1. The predicted octanol–water partition coefficient (Wildman–Crippen LogP) is 4.16. The molecule has 2 aromatic carbocycles. The number of aromatic amines is 1. The van der Waals surface area contributed by atoms with Gasteiger partial charge in [0.05, 0.1) is 16.5 Å². The zero-order valence-electron chi connectivity index (χ0n) is 26.5. The Balaban J connectivity index is 1.18. The number of hydrogen-bond acceptors (Lipinski definition) is 9. The van der Waals surface area contributed by atoms with Crippen LogP contribution in [0.25, 0.3) is 32.9 Å². The summed E-state index contributed by atoms with van der Waals surface area (Å²) in [5.41, 5.74) is -1.19. The standard InChI is InChI=1S/C35H36F2N6O5/c1-34(9-4-11-38-19-34)42-33(46)47-13-3-8-21-6-2-7-22-14-24(44)15-25(27(21)22)29-28(37)30-26(17-39-29)31(45)41-32(40-30)48-20-35-10-5-12-43(35)18-23(36)16-35/h2,6-7,14-15,17,23,38,44H,4-5,9-13,16,18-20H2,1H3,(H,42,46)(H,40,41,45)/t23-,34-,35+/m1/s1. The number of alkyl carbamates (subject to hydrolysis) is 1. The maximum atomic E-state index is 16.4. The highest BCUT2D eigenvalue weighted by molar-refractivity contribution is 6.02. The Morgan fingerprint density at radius 2 is 2.15 bits per heavy atom. The molecule has 5 heterocycles. The molecule has 0 aliphatic carbocycles. The number of alkyl halides is 1. The Labute approximate surface area is 275 Å². The molecule has 48 heavy (non-hydrogen) atoms. The molecule has 2 aromatic heterocycles. The van der Waals surface area contributed by atoms with Crippen LogP contribution in [0.5, 0.6) is 11.8 Å². The van der Waals surface area contributed by atoms with E-state index in [1.165, 1.54) is 18.3 Å². The van der Waals surface area contributed by atoms with E-state index in [4.69, 9.17) is 9.47 Å². The average Bonchev–Trinajstić information content (AvgIpc) is 3.58. The van der Waals surface area contributed by atoms with Crippen LogP contribution in [0.3, 0.4) is 0 Å². The third kappa shape index (κ3) is 6.13. The van der Waals surface area contributed by atoms with Gasteiger partial charge in [-0.15, -0.1) is 0 Å². The smallest absolute Gasteiger partial charge is 0.408 e. The Hall–Kier alpha value is -4.80. The van der Waals surface area contributed by atoms with Crippen LogP contribution in [0.15, 0.2) is 41.3 Å². The summed E-state index contributed by atoms with van der Waals surface area (Å²) < 4.78 is 41.8. The quantitative estimate of drug-likeness (QED) is 0.225. The van der Waals surface area contributed by atoms with E-state index in [9.17, 15) is 19.1 Å². The summed E-state index contributed by atoms with van der Waals surface area (Å²) >= 11 is 0. The lowest BCUT2D eigenvalue weighted by atomic mass is 9.93. The van der Waals surface area contributed by atoms with Crippen LogP contribution in [0, 0.1) is 17.7 Å². The van der Waals surface area contributed by atoms with Crippen LogP contribution < -0.4 is 20.9 Å². The normalized spacial score (nSPS) is 23.9. The van der Waals surface area contributed by atoms with Crippen molar-refractivity contribution >= 4 is 27.8 Å². The Kier molecular flexibility index (Phi) is 8.39. The van der Waals surface area contributed by atoms with Gasteiger partial charge < -0.3 is 25.2 Å². The van der Waals surface area contributed by atoms with E-state index >= 15 is 4.39 Å². The molecule has 0 saturated carbocycles. The minimum Gasteiger partial charge on any atom is -0.508 e. The van der Waals surface area contributed by atoms with Crippen LogP contribution in [0.1, 0.15) is 44.6 Å². The van der Waals surface area contributed by atoms with Gasteiger partial charge in [-0.1, -0.05) is 24.0 Å². The van der Waals surface area contributed by atoms with Gasteiger partial charge in [-0.3, -0.25) is 19.7 Å². The van der Waals surface area contributed by atoms with E-state index < -0.39 is 34.7 Å². The van der Waals surface area contributed by atoms with Gasteiger partial charge in [-0.05, 0) is 69.3 Å². The lowest BCUT2D eigenvalue weighted by molar-refractivity contribution is 0.107. The fourth-order valence-corrected chi connectivity index (χ4v) is 7.34. The van der Waals surface area contributed by atoms with Crippen molar-refractivity contribution in [1.29, 1.82) is 0 Å². The van der Waals surface area contributed by atoms with Crippen molar-refractivity contribution in [1.82, 2.24) is 30.5 Å². The van der Waals surface area contributed by atoms with Gasteiger partial charge >= 0.3 is 6.09 Å². The first-order valence-electron chi connectivity index (χ1n) is 16.1. The summed E-state index contributed by atoms with van der Waals surface area (Å²) in [5, 5.41) is 17.7. The summed E-state index contributed by atoms with van der Waals surface area (Å²) in [4.78, 5) is 38.6. The molecule has 0 radical (unpaired) electrons. The van der Waals surface area contributed by atoms with Crippen LogP contribution in [0.4, 0.5) is 13.6 Å². The lowest BCUT2D eigenvalue weighted by Crippen LogP contribution is -2.55. The van der Waals surface area contributed by atoms with Crippen molar-refractivity contribution in [2.45, 2.75) is 56.3 Å². The molecular formula is C35H36F2N6O5. The molecule has 3 saturated heterocycles. The number of pyridine rings is 1. The van der Waals surface area contributed by atoms with Gasteiger partial charge in [0.25, 0.3) is 11.6 Å². The number of aromatic nitrogens is 3. The molecule has 3 fully saturated rings. The number of nitrogens with one attached hydrogen (secondary N) is 3. The molecule has 13 heteroatoms. The Bertz CT molecular complexity index is 2020. The largest absolute Gasteiger partial charge is 0.508 e. The van der Waals surface area contributed by atoms with Crippen LogP contribution in [-0.2, 0) is 4.74 Å². The molecule has 4 aromatic rings. The molecule has 7 rings (SSSR count). The monoisotopic (exact) mass is 658 g/mol. The molecule has 0 unspecified atom stereocenters. The number of halogens is 2. The number of carbonyl (C=O) groups excluding carboxylic acids is 1. The summed E-state index contributed by atoms with van der Waals surface area (Å²) in [5.74, 6) is 4.86. The Morgan fingerprint density at radius 3 is 2.98 bits per heavy atom. The Morgan fingerprint density at radius 1 is 1.27 bits per heavy atom. The van der Waals surface area contributed by atoms with Crippen LogP contribution >= 0.6 is 0 Å². The highest BCUT2D eigenvalue weighted by Crippen LogP contribution is 2.40. The van der Waals surface area contributed by atoms with E-state index in [0.717, 1.165) is 38.8 Å². The molecular weight excluding hydrogens is 622 g/mol. The summed E-state index contributed by atoms with van der Waals surface area (Å²) in [6.07, 6.45) is 3.52. The van der Waals surface area contributed by atoms with Gasteiger partial charge in [0.1, 0.15) is 29.7 Å². The molecule has 3 aliphatic rings. The second-order valence-electron chi connectivity index (χ2n) is 13.2. The molecule has 1 amide bonds. The SMILES string of the molecule is C[C@@]1(NC(=O)OCC#Cc2cccc3cc(O)cc(-c4ncc5c(=O)[nH]c(OC[C@@]67CCCN6C[C@H](F)C7)nc5c4F)c23)CCCNC1. The van der Waals surface area contributed by atoms with Crippen molar-refractivity contribution in [2.75, 3.05) is 39.4 Å². The topological polar surface area (TPSA) is 142 Å². The fourth-order valence-electron chi connectivity index (χ4n) is 7.34. The minimum absolute atomic E-state index is 0.0771. The van der Waals surface area contributed by atoms with E-state index in [-0.39, 0.29) is 47.1 Å². The second kappa shape index (κ2) is 12.7. The number of H-pyrrole nitrogens is 1. The third-order valence-electron chi connectivity index (χ3n) is 9.63. The second-order valence-corrected chi connectivity index (χ2v) is 13.2. The molecule has 250 valence electrons. The van der Waals surface area contributed by atoms with E-state index in [2.05, 4.69) is 42.3 Å². The first-order valence-corrected chi connectivity index (χ1v) is 16.1. The van der Waals surface area contributed by atoms with E-state index in [1.54, 1.807) is 18.2 Å². The van der Waals surface area contributed by atoms with Crippen molar-refractivity contribution in [3.05, 3.63) is 58.3 Å². The molecule has 11 nitrogen and oxygen atoms in total. The minimum atomic E-state index is -0.949. The predicted molar refractivity (Wildman–Crippen MR) is 175 cm³/mol. The van der Waals surface area contributed by atoms with Crippen LogP contribution in [-0.4, -0.2) is 87.7 Å². The molecule has 4 N–H and O–H groups in total.